The molecule has 0 saturated heterocycles. The van der Waals surface area contributed by atoms with E-state index in [9.17, 15) is 5.11 Å². The summed E-state index contributed by atoms with van der Waals surface area (Å²) in [5, 5.41) is 13.2. The van der Waals surface area contributed by atoms with Gasteiger partial charge in [0, 0.05) is 6.54 Å². The van der Waals surface area contributed by atoms with Crippen molar-refractivity contribution >= 4 is 0 Å². The number of aliphatic hydroxyl groups excluding tert-OH is 1. The van der Waals surface area contributed by atoms with Gasteiger partial charge in [0.15, 0.2) is 0 Å². The molecule has 100 valence electrons. The van der Waals surface area contributed by atoms with Gasteiger partial charge in [-0.3, -0.25) is 0 Å². The SMILES string of the molecule is Cc1cccc(C)c1CNCC1CCCC(O)C1. The van der Waals surface area contributed by atoms with Crippen LogP contribution in [0, 0.1) is 19.8 Å². The first-order valence-corrected chi connectivity index (χ1v) is 7.10. The third-order valence-corrected chi connectivity index (χ3v) is 4.13. The van der Waals surface area contributed by atoms with E-state index in [4.69, 9.17) is 0 Å². The van der Waals surface area contributed by atoms with Crippen molar-refractivity contribution in [2.45, 2.75) is 52.2 Å². The van der Waals surface area contributed by atoms with Crippen LogP contribution in [0.15, 0.2) is 18.2 Å². The summed E-state index contributed by atoms with van der Waals surface area (Å²) in [5.41, 5.74) is 4.16. The molecule has 1 aliphatic rings. The molecule has 1 aromatic carbocycles. The molecule has 2 rings (SSSR count). The number of rotatable bonds is 4. The molecule has 0 spiro atoms. The summed E-state index contributed by atoms with van der Waals surface area (Å²) in [6.45, 7) is 6.33. The molecule has 0 bridgehead atoms. The third kappa shape index (κ3) is 3.56. The smallest absolute Gasteiger partial charge is 0.0543 e. The van der Waals surface area contributed by atoms with Crippen molar-refractivity contribution in [2.24, 2.45) is 5.92 Å². The lowest BCUT2D eigenvalue weighted by Gasteiger charge is -2.26. The summed E-state index contributed by atoms with van der Waals surface area (Å²) in [6.07, 6.45) is 4.34. The second kappa shape index (κ2) is 6.35. The number of hydrogen-bond acceptors (Lipinski definition) is 2. The summed E-state index contributed by atoms with van der Waals surface area (Å²) in [4.78, 5) is 0. The number of nitrogens with one attached hydrogen (secondary N) is 1. The molecular formula is C16H25NO. The Labute approximate surface area is 110 Å². The average molecular weight is 247 g/mol. The molecule has 1 saturated carbocycles. The van der Waals surface area contributed by atoms with Crippen molar-refractivity contribution in [2.75, 3.05) is 6.54 Å². The molecule has 2 N–H and O–H groups in total. The molecule has 2 unspecified atom stereocenters. The van der Waals surface area contributed by atoms with E-state index in [-0.39, 0.29) is 6.10 Å². The van der Waals surface area contributed by atoms with Crippen LogP contribution in [0.1, 0.15) is 42.4 Å². The van der Waals surface area contributed by atoms with Crippen molar-refractivity contribution in [3.05, 3.63) is 34.9 Å². The van der Waals surface area contributed by atoms with E-state index in [1.165, 1.54) is 29.5 Å². The van der Waals surface area contributed by atoms with E-state index in [1.807, 2.05) is 0 Å². The monoisotopic (exact) mass is 247 g/mol. The van der Waals surface area contributed by atoms with Crippen LogP contribution in [0.25, 0.3) is 0 Å². The number of benzene rings is 1. The predicted octanol–water partition coefficient (Wildman–Crippen LogP) is 2.94. The fourth-order valence-corrected chi connectivity index (χ4v) is 2.98. The second-order valence-electron chi connectivity index (χ2n) is 5.69. The minimum Gasteiger partial charge on any atom is -0.393 e. The van der Waals surface area contributed by atoms with E-state index in [0.717, 1.165) is 25.9 Å². The predicted molar refractivity (Wildman–Crippen MR) is 75.6 cm³/mol. The number of aliphatic hydroxyl groups is 1. The highest BCUT2D eigenvalue weighted by Crippen LogP contribution is 2.23. The minimum absolute atomic E-state index is 0.0641. The van der Waals surface area contributed by atoms with Crippen LogP contribution >= 0.6 is 0 Å². The van der Waals surface area contributed by atoms with Gasteiger partial charge >= 0.3 is 0 Å². The molecule has 2 heteroatoms. The lowest BCUT2D eigenvalue weighted by Crippen LogP contribution is -2.29. The third-order valence-electron chi connectivity index (χ3n) is 4.13. The van der Waals surface area contributed by atoms with E-state index in [1.54, 1.807) is 0 Å². The van der Waals surface area contributed by atoms with Gasteiger partial charge in [-0.25, -0.2) is 0 Å². The van der Waals surface area contributed by atoms with Gasteiger partial charge in [-0.05, 0) is 62.3 Å². The molecular weight excluding hydrogens is 222 g/mol. The van der Waals surface area contributed by atoms with Crippen LogP contribution in [0.4, 0.5) is 0 Å². The Kier molecular flexibility index (Phi) is 4.79. The summed E-state index contributed by atoms with van der Waals surface area (Å²) in [6, 6.07) is 6.47. The maximum Gasteiger partial charge on any atom is 0.0543 e. The Bertz CT molecular complexity index is 368. The standard InChI is InChI=1S/C16H25NO/c1-12-5-3-6-13(2)16(12)11-17-10-14-7-4-8-15(18)9-14/h3,5-6,14-15,17-18H,4,7-11H2,1-2H3. The average Bonchev–Trinajstić information content (AvgIpc) is 2.33. The summed E-state index contributed by atoms with van der Waals surface area (Å²) < 4.78 is 0. The van der Waals surface area contributed by atoms with Gasteiger partial charge in [-0.1, -0.05) is 24.6 Å². The topological polar surface area (TPSA) is 32.3 Å². The highest BCUT2D eigenvalue weighted by molar-refractivity contribution is 5.33. The molecule has 18 heavy (non-hydrogen) atoms. The quantitative estimate of drug-likeness (QED) is 0.857. The maximum absolute atomic E-state index is 9.66. The zero-order chi connectivity index (χ0) is 13.0. The molecule has 1 aromatic rings. The van der Waals surface area contributed by atoms with Crippen LogP contribution in [-0.4, -0.2) is 17.8 Å². The van der Waals surface area contributed by atoms with Gasteiger partial charge < -0.3 is 10.4 Å². The van der Waals surface area contributed by atoms with Crippen LogP contribution < -0.4 is 5.32 Å². The van der Waals surface area contributed by atoms with Crippen molar-refractivity contribution < 1.29 is 5.11 Å². The normalized spacial score (nSPS) is 24.2. The first kappa shape index (κ1) is 13.6. The van der Waals surface area contributed by atoms with Crippen LogP contribution in [0.5, 0.6) is 0 Å². The zero-order valence-electron chi connectivity index (χ0n) is 11.6. The minimum atomic E-state index is -0.0641. The van der Waals surface area contributed by atoms with Gasteiger partial charge in [0.25, 0.3) is 0 Å². The van der Waals surface area contributed by atoms with E-state index >= 15 is 0 Å². The Morgan fingerprint density at radius 3 is 2.61 bits per heavy atom. The second-order valence-corrected chi connectivity index (χ2v) is 5.69. The van der Waals surface area contributed by atoms with E-state index < -0.39 is 0 Å². The van der Waals surface area contributed by atoms with E-state index in [0.29, 0.717) is 5.92 Å². The Hall–Kier alpha value is -0.860. The lowest BCUT2D eigenvalue weighted by atomic mass is 9.87. The van der Waals surface area contributed by atoms with Crippen LogP contribution in [0.2, 0.25) is 0 Å². The molecule has 0 aliphatic heterocycles. The van der Waals surface area contributed by atoms with Crippen molar-refractivity contribution in [1.29, 1.82) is 0 Å². The van der Waals surface area contributed by atoms with Crippen molar-refractivity contribution in [3.8, 4) is 0 Å². The fourth-order valence-electron chi connectivity index (χ4n) is 2.98. The largest absolute Gasteiger partial charge is 0.393 e. The van der Waals surface area contributed by atoms with E-state index in [2.05, 4.69) is 37.4 Å². The first-order valence-electron chi connectivity index (χ1n) is 7.10. The summed E-state index contributed by atoms with van der Waals surface area (Å²) >= 11 is 0. The highest BCUT2D eigenvalue weighted by Gasteiger charge is 2.19. The van der Waals surface area contributed by atoms with Crippen LogP contribution in [0.3, 0.4) is 0 Å². The molecule has 2 atom stereocenters. The van der Waals surface area contributed by atoms with Crippen molar-refractivity contribution in [1.82, 2.24) is 5.32 Å². The molecule has 0 radical (unpaired) electrons. The molecule has 0 heterocycles. The zero-order valence-corrected chi connectivity index (χ0v) is 11.6. The summed E-state index contributed by atoms with van der Waals surface area (Å²) in [7, 11) is 0. The van der Waals surface area contributed by atoms with Crippen LogP contribution in [-0.2, 0) is 6.54 Å². The summed E-state index contributed by atoms with van der Waals surface area (Å²) in [5.74, 6) is 0.651. The highest BCUT2D eigenvalue weighted by atomic mass is 16.3. The van der Waals surface area contributed by atoms with Gasteiger partial charge in [-0.2, -0.15) is 0 Å². The maximum atomic E-state index is 9.66. The molecule has 2 nitrogen and oxygen atoms in total. The number of aryl methyl sites for hydroxylation is 2. The molecule has 0 amide bonds. The van der Waals surface area contributed by atoms with Gasteiger partial charge in [0.05, 0.1) is 6.10 Å². The number of hydrogen-bond donors (Lipinski definition) is 2. The lowest BCUT2D eigenvalue weighted by molar-refractivity contribution is 0.101. The Morgan fingerprint density at radius 2 is 1.94 bits per heavy atom. The molecule has 1 fully saturated rings. The first-order chi connectivity index (χ1) is 8.66. The van der Waals surface area contributed by atoms with Gasteiger partial charge in [0.1, 0.15) is 0 Å². The van der Waals surface area contributed by atoms with Crippen molar-refractivity contribution in [3.63, 3.8) is 0 Å². The van der Waals surface area contributed by atoms with Gasteiger partial charge in [0.2, 0.25) is 0 Å². The molecule has 1 aliphatic carbocycles. The fraction of sp³-hybridized carbons (Fsp3) is 0.625. The Balaban J connectivity index is 1.81. The molecule has 0 aromatic heterocycles. The van der Waals surface area contributed by atoms with Gasteiger partial charge in [-0.15, -0.1) is 0 Å². The Morgan fingerprint density at radius 1 is 1.22 bits per heavy atom.